The first-order valence-electron chi connectivity index (χ1n) is 6.93. The van der Waals surface area contributed by atoms with Gasteiger partial charge in [0.25, 0.3) is 0 Å². The molecule has 0 bridgehead atoms. The van der Waals surface area contributed by atoms with Gasteiger partial charge >= 0.3 is 0 Å². The van der Waals surface area contributed by atoms with Crippen molar-refractivity contribution in [3.63, 3.8) is 0 Å². The van der Waals surface area contributed by atoms with Gasteiger partial charge in [0.05, 0.1) is 0 Å². The van der Waals surface area contributed by atoms with Crippen LogP contribution in [-0.2, 0) is 0 Å². The molecule has 1 saturated heterocycles. The normalized spacial score (nSPS) is 16.5. The third-order valence-electron chi connectivity index (χ3n) is 3.70. The number of piperazine rings is 1. The highest BCUT2D eigenvalue weighted by atomic mass is 35.5. The van der Waals surface area contributed by atoms with Gasteiger partial charge < -0.3 is 5.32 Å². The second-order valence-electron chi connectivity index (χ2n) is 5.47. The lowest BCUT2D eigenvalue weighted by Crippen LogP contribution is -2.45. The van der Waals surface area contributed by atoms with Crippen molar-refractivity contribution >= 4 is 24.8 Å². The lowest BCUT2D eigenvalue weighted by Gasteiger charge is -2.35. The van der Waals surface area contributed by atoms with Crippen LogP contribution in [0.1, 0.15) is 30.5 Å². The van der Waals surface area contributed by atoms with Crippen molar-refractivity contribution in [2.75, 3.05) is 26.2 Å². The molecule has 2 nitrogen and oxygen atoms in total. The Morgan fingerprint density at radius 2 is 1.95 bits per heavy atom. The van der Waals surface area contributed by atoms with E-state index in [0.29, 0.717) is 6.04 Å². The van der Waals surface area contributed by atoms with E-state index in [9.17, 15) is 4.39 Å². The van der Waals surface area contributed by atoms with Crippen LogP contribution >= 0.6 is 24.8 Å². The van der Waals surface area contributed by atoms with Crippen LogP contribution in [0.3, 0.4) is 0 Å². The summed E-state index contributed by atoms with van der Waals surface area (Å²) in [4.78, 5) is 2.47. The zero-order valence-corrected chi connectivity index (χ0v) is 14.3. The highest BCUT2D eigenvalue weighted by Gasteiger charge is 2.22. The molecule has 0 aromatic heterocycles. The largest absolute Gasteiger partial charge is 0.314 e. The predicted octanol–water partition coefficient (Wildman–Crippen LogP) is 3.89. The van der Waals surface area contributed by atoms with E-state index in [0.717, 1.165) is 38.2 Å². The standard InChI is InChI=1S/C16H23FN2.2ClH/c1-12(2)10-16(19-8-6-18-7-9-19)14-4-5-15(17)13(3)11-14;;/h4-5,11,16,18H,1,6-10H2,2-3H3;2*1H/t16-;;/m1../s1. The maximum Gasteiger partial charge on any atom is 0.126 e. The first kappa shape index (κ1) is 20.4. The smallest absolute Gasteiger partial charge is 0.126 e. The Bertz CT molecular complexity index is 460. The molecular weight excluding hydrogens is 310 g/mol. The number of nitrogens with one attached hydrogen (secondary N) is 1. The second kappa shape index (κ2) is 9.42. The van der Waals surface area contributed by atoms with E-state index in [1.165, 1.54) is 11.1 Å². The van der Waals surface area contributed by atoms with Crippen LogP contribution in [0.2, 0.25) is 0 Å². The van der Waals surface area contributed by atoms with Crippen molar-refractivity contribution in [1.29, 1.82) is 0 Å². The van der Waals surface area contributed by atoms with Crippen molar-refractivity contribution in [1.82, 2.24) is 10.2 Å². The van der Waals surface area contributed by atoms with E-state index >= 15 is 0 Å². The average molecular weight is 335 g/mol. The average Bonchev–Trinajstić information content (AvgIpc) is 2.40. The molecule has 0 radical (unpaired) electrons. The molecule has 0 unspecified atom stereocenters. The third-order valence-corrected chi connectivity index (χ3v) is 3.70. The van der Waals surface area contributed by atoms with Crippen LogP contribution in [0.4, 0.5) is 4.39 Å². The molecule has 0 saturated carbocycles. The summed E-state index contributed by atoms with van der Waals surface area (Å²) in [6, 6.07) is 5.79. The molecule has 1 N–H and O–H groups in total. The van der Waals surface area contributed by atoms with Gasteiger partial charge in [0, 0.05) is 32.2 Å². The molecule has 0 spiro atoms. The fourth-order valence-electron chi connectivity index (χ4n) is 2.66. The molecule has 1 aromatic carbocycles. The molecule has 1 fully saturated rings. The number of benzene rings is 1. The summed E-state index contributed by atoms with van der Waals surface area (Å²) in [6.07, 6.45) is 0.936. The highest BCUT2D eigenvalue weighted by Crippen LogP contribution is 2.28. The monoisotopic (exact) mass is 334 g/mol. The van der Waals surface area contributed by atoms with Crippen molar-refractivity contribution in [2.24, 2.45) is 0 Å². The summed E-state index contributed by atoms with van der Waals surface area (Å²) in [5.74, 6) is -0.127. The lowest BCUT2D eigenvalue weighted by atomic mass is 9.96. The Hall–Kier alpha value is -0.610. The Labute approximate surface area is 139 Å². The number of hydrogen-bond donors (Lipinski definition) is 1. The summed E-state index contributed by atoms with van der Waals surface area (Å²) in [7, 11) is 0. The first-order valence-corrected chi connectivity index (χ1v) is 6.93. The molecule has 1 aliphatic rings. The topological polar surface area (TPSA) is 15.3 Å². The summed E-state index contributed by atoms with van der Waals surface area (Å²) in [6.45, 7) is 12.0. The minimum Gasteiger partial charge on any atom is -0.314 e. The van der Waals surface area contributed by atoms with Gasteiger partial charge in [0.15, 0.2) is 0 Å². The molecule has 0 amide bonds. The van der Waals surface area contributed by atoms with E-state index in [4.69, 9.17) is 0 Å². The summed E-state index contributed by atoms with van der Waals surface area (Å²) >= 11 is 0. The lowest BCUT2D eigenvalue weighted by molar-refractivity contribution is 0.172. The number of hydrogen-bond acceptors (Lipinski definition) is 2. The fraction of sp³-hybridized carbons (Fsp3) is 0.500. The van der Waals surface area contributed by atoms with E-state index < -0.39 is 0 Å². The molecule has 2 rings (SSSR count). The van der Waals surface area contributed by atoms with Gasteiger partial charge in [0.2, 0.25) is 0 Å². The van der Waals surface area contributed by atoms with Gasteiger partial charge in [0.1, 0.15) is 5.82 Å². The van der Waals surface area contributed by atoms with E-state index in [1.807, 2.05) is 19.1 Å². The highest BCUT2D eigenvalue weighted by molar-refractivity contribution is 5.85. The SMILES string of the molecule is C=C(C)C[C@H](c1ccc(F)c(C)c1)N1CCNCC1.Cl.Cl. The minimum atomic E-state index is -0.127. The summed E-state index contributed by atoms with van der Waals surface area (Å²) in [5, 5.41) is 3.37. The maximum absolute atomic E-state index is 13.4. The Kier molecular flexibility index (Phi) is 9.14. The van der Waals surface area contributed by atoms with Gasteiger partial charge in [-0.25, -0.2) is 4.39 Å². The van der Waals surface area contributed by atoms with Crippen LogP contribution in [0.15, 0.2) is 30.4 Å². The van der Waals surface area contributed by atoms with E-state index in [-0.39, 0.29) is 30.6 Å². The van der Waals surface area contributed by atoms with Crippen molar-refractivity contribution in [3.05, 3.63) is 47.3 Å². The predicted molar refractivity (Wildman–Crippen MR) is 92.2 cm³/mol. The Morgan fingerprint density at radius 3 is 2.48 bits per heavy atom. The number of nitrogens with zero attached hydrogens (tertiary/aromatic N) is 1. The number of halogens is 3. The first-order chi connectivity index (χ1) is 9.08. The summed E-state index contributed by atoms with van der Waals surface area (Å²) < 4.78 is 13.4. The van der Waals surface area contributed by atoms with Gasteiger partial charge in [-0.15, -0.1) is 31.4 Å². The van der Waals surface area contributed by atoms with Crippen molar-refractivity contribution < 1.29 is 4.39 Å². The molecular formula is C16H25Cl2FN2. The van der Waals surface area contributed by atoms with Gasteiger partial charge in [-0.2, -0.15) is 0 Å². The second-order valence-corrected chi connectivity index (χ2v) is 5.47. The third kappa shape index (κ3) is 5.59. The van der Waals surface area contributed by atoms with Crippen LogP contribution in [0, 0.1) is 12.7 Å². The molecule has 5 heteroatoms. The van der Waals surface area contributed by atoms with Crippen molar-refractivity contribution in [3.8, 4) is 0 Å². The number of aryl methyl sites for hydroxylation is 1. The minimum absolute atomic E-state index is 0. The molecule has 120 valence electrons. The molecule has 1 atom stereocenters. The Balaban J connectivity index is 0.00000200. The van der Waals surface area contributed by atoms with Gasteiger partial charge in [-0.3, -0.25) is 4.90 Å². The van der Waals surface area contributed by atoms with Crippen LogP contribution in [-0.4, -0.2) is 31.1 Å². The zero-order chi connectivity index (χ0) is 13.8. The van der Waals surface area contributed by atoms with Gasteiger partial charge in [-0.05, 0) is 37.5 Å². The Morgan fingerprint density at radius 1 is 1.33 bits per heavy atom. The van der Waals surface area contributed by atoms with Gasteiger partial charge in [-0.1, -0.05) is 17.7 Å². The van der Waals surface area contributed by atoms with Crippen LogP contribution < -0.4 is 5.32 Å². The molecule has 1 aromatic rings. The quantitative estimate of drug-likeness (QED) is 0.840. The van der Waals surface area contributed by atoms with Crippen molar-refractivity contribution in [2.45, 2.75) is 26.3 Å². The molecule has 1 aliphatic heterocycles. The summed E-state index contributed by atoms with van der Waals surface area (Å²) in [5.41, 5.74) is 3.09. The maximum atomic E-state index is 13.4. The molecule has 21 heavy (non-hydrogen) atoms. The zero-order valence-electron chi connectivity index (χ0n) is 12.7. The number of rotatable bonds is 4. The van der Waals surface area contributed by atoms with E-state index in [1.54, 1.807) is 6.07 Å². The molecule has 0 aliphatic carbocycles. The molecule has 1 heterocycles. The van der Waals surface area contributed by atoms with Crippen LogP contribution in [0.25, 0.3) is 0 Å². The fourth-order valence-corrected chi connectivity index (χ4v) is 2.66. The van der Waals surface area contributed by atoms with Crippen LogP contribution in [0.5, 0.6) is 0 Å². The van der Waals surface area contributed by atoms with E-state index in [2.05, 4.69) is 23.7 Å².